The Bertz CT molecular complexity index is 187. The third kappa shape index (κ3) is 4.43. The quantitative estimate of drug-likeness (QED) is 0.652. The molecule has 0 fully saturated rings. The Morgan fingerprint density at radius 3 is 2.47 bits per heavy atom. The van der Waals surface area contributed by atoms with Crippen molar-refractivity contribution < 1.29 is 9.53 Å². The molecule has 0 radical (unpaired) electrons. The van der Waals surface area contributed by atoms with Crippen LogP contribution in [-0.4, -0.2) is 31.1 Å². The fraction of sp³-hybridized carbons (Fsp3) is 0.909. The monoisotopic (exact) mass is 233 g/mol. The minimum absolute atomic E-state index is 0.122. The second kappa shape index (κ2) is 7.99. The highest BCUT2D eigenvalue weighted by molar-refractivity contribution is 7.98. The van der Waals surface area contributed by atoms with Crippen molar-refractivity contribution in [2.45, 2.75) is 33.1 Å². The van der Waals surface area contributed by atoms with Gasteiger partial charge in [0, 0.05) is 6.54 Å². The molecule has 1 unspecified atom stereocenters. The van der Waals surface area contributed by atoms with Crippen LogP contribution in [0.1, 0.15) is 33.1 Å². The number of ether oxygens (including phenoxy) is 1. The smallest absolute Gasteiger partial charge is 0.313 e. The highest BCUT2D eigenvalue weighted by atomic mass is 32.2. The Labute approximate surface area is 97.1 Å². The van der Waals surface area contributed by atoms with Crippen LogP contribution in [0, 0.1) is 5.41 Å². The molecule has 0 amide bonds. The molecular weight excluding hydrogens is 210 g/mol. The van der Waals surface area contributed by atoms with Crippen molar-refractivity contribution in [1.82, 2.24) is 0 Å². The van der Waals surface area contributed by atoms with E-state index >= 15 is 0 Å². The Hall–Kier alpha value is -0.220. The predicted molar refractivity (Wildman–Crippen MR) is 66.0 cm³/mol. The van der Waals surface area contributed by atoms with Crippen LogP contribution in [0.4, 0.5) is 0 Å². The van der Waals surface area contributed by atoms with E-state index in [9.17, 15) is 4.79 Å². The number of rotatable bonds is 8. The van der Waals surface area contributed by atoms with Gasteiger partial charge < -0.3 is 10.5 Å². The van der Waals surface area contributed by atoms with E-state index in [0.717, 1.165) is 25.0 Å². The molecule has 4 heteroatoms. The van der Waals surface area contributed by atoms with Crippen molar-refractivity contribution in [3.8, 4) is 0 Å². The first-order valence-corrected chi connectivity index (χ1v) is 6.92. The molecule has 0 aliphatic carbocycles. The van der Waals surface area contributed by atoms with E-state index in [-0.39, 0.29) is 5.97 Å². The third-order valence-electron chi connectivity index (χ3n) is 2.61. The van der Waals surface area contributed by atoms with Gasteiger partial charge in [-0.25, -0.2) is 0 Å². The molecule has 0 aromatic carbocycles. The molecule has 0 aromatic heterocycles. The van der Waals surface area contributed by atoms with Gasteiger partial charge in [-0.3, -0.25) is 4.79 Å². The number of nitrogens with two attached hydrogens (primary N) is 1. The molecule has 3 nitrogen and oxygen atoms in total. The highest BCUT2D eigenvalue weighted by Gasteiger charge is 2.36. The summed E-state index contributed by atoms with van der Waals surface area (Å²) in [5.41, 5.74) is 5.31. The molecule has 0 saturated carbocycles. The Balaban J connectivity index is 4.54. The number of carbonyl (C=O) groups excluding carboxylic acids is 1. The summed E-state index contributed by atoms with van der Waals surface area (Å²) in [6.45, 7) is 4.73. The second-order valence-electron chi connectivity index (χ2n) is 3.70. The van der Waals surface area contributed by atoms with E-state index in [0.29, 0.717) is 13.2 Å². The minimum atomic E-state index is -0.451. The zero-order valence-corrected chi connectivity index (χ0v) is 10.9. The fourth-order valence-electron chi connectivity index (χ4n) is 1.68. The van der Waals surface area contributed by atoms with Crippen LogP contribution in [0.5, 0.6) is 0 Å². The van der Waals surface area contributed by atoms with Gasteiger partial charge in [0.25, 0.3) is 0 Å². The van der Waals surface area contributed by atoms with Crippen molar-refractivity contribution in [1.29, 1.82) is 0 Å². The predicted octanol–water partition coefficient (Wildman–Crippen LogP) is 2.05. The van der Waals surface area contributed by atoms with Gasteiger partial charge in [0.15, 0.2) is 0 Å². The van der Waals surface area contributed by atoms with Crippen LogP contribution < -0.4 is 5.73 Å². The van der Waals surface area contributed by atoms with Crippen LogP contribution in [0.2, 0.25) is 0 Å². The second-order valence-corrected chi connectivity index (χ2v) is 4.68. The first kappa shape index (κ1) is 14.8. The number of hydrogen-bond acceptors (Lipinski definition) is 4. The third-order valence-corrected chi connectivity index (χ3v) is 3.22. The van der Waals surface area contributed by atoms with Crippen LogP contribution in [0.15, 0.2) is 0 Å². The molecule has 0 heterocycles. The largest absolute Gasteiger partial charge is 0.466 e. The van der Waals surface area contributed by atoms with Crippen molar-refractivity contribution in [3.63, 3.8) is 0 Å². The standard InChI is InChI=1S/C11H23NO2S/c1-4-6-11(9-12,7-8-15-3)10(13)14-5-2/h4-9,12H2,1-3H3. The molecule has 1 atom stereocenters. The van der Waals surface area contributed by atoms with Gasteiger partial charge in [-0.15, -0.1) is 0 Å². The normalized spacial score (nSPS) is 14.7. The van der Waals surface area contributed by atoms with E-state index < -0.39 is 5.41 Å². The number of hydrogen-bond donors (Lipinski definition) is 1. The summed E-state index contributed by atoms with van der Waals surface area (Å²) < 4.78 is 5.12. The van der Waals surface area contributed by atoms with Gasteiger partial charge in [0.2, 0.25) is 0 Å². The highest BCUT2D eigenvalue weighted by Crippen LogP contribution is 2.30. The first-order valence-electron chi connectivity index (χ1n) is 5.53. The van der Waals surface area contributed by atoms with Gasteiger partial charge in [0.1, 0.15) is 0 Å². The lowest BCUT2D eigenvalue weighted by Crippen LogP contribution is -2.40. The summed E-state index contributed by atoms with van der Waals surface area (Å²) in [7, 11) is 0. The Kier molecular flexibility index (Phi) is 7.88. The van der Waals surface area contributed by atoms with Crippen LogP contribution >= 0.6 is 11.8 Å². The van der Waals surface area contributed by atoms with E-state index in [1.165, 1.54) is 0 Å². The molecule has 0 rings (SSSR count). The summed E-state index contributed by atoms with van der Waals surface area (Å²) in [4.78, 5) is 11.9. The average Bonchev–Trinajstić information content (AvgIpc) is 2.24. The van der Waals surface area contributed by atoms with Crippen molar-refractivity contribution in [3.05, 3.63) is 0 Å². The molecule has 0 saturated heterocycles. The Morgan fingerprint density at radius 1 is 1.40 bits per heavy atom. The zero-order valence-electron chi connectivity index (χ0n) is 10.0. The number of carbonyl (C=O) groups is 1. The van der Waals surface area contributed by atoms with Gasteiger partial charge in [-0.05, 0) is 31.8 Å². The van der Waals surface area contributed by atoms with Crippen LogP contribution in [0.3, 0.4) is 0 Å². The van der Waals surface area contributed by atoms with E-state index in [1.54, 1.807) is 11.8 Å². The van der Waals surface area contributed by atoms with Gasteiger partial charge in [0.05, 0.1) is 12.0 Å². The maximum absolute atomic E-state index is 11.9. The molecular formula is C11H23NO2S. The molecule has 2 N–H and O–H groups in total. The molecule has 0 aromatic rings. The summed E-state index contributed by atoms with van der Waals surface area (Å²) >= 11 is 1.74. The Morgan fingerprint density at radius 2 is 2.07 bits per heavy atom. The maximum Gasteiger partial charge on any atom is 0.313 e. The first-order chi connectivity index (χ1) is 7.16. The molecule has 0 aliphatic heterocycles. The van der Waals surface area contributed by atoms with Crippen LogP contribution in [-0.2, 0) is 9.53 Å². The lowest BCUT2D eigenvalue weighted by atomic mass is 9.81. The summed E-state index contributed by atoms with van der Waals surface area (Å²) in [6, 6.07) is 0. The topological polar surface area (TPSA) is 52.3 Å². The van der Waals surface area contributed by atoms with Crippen molar-refractivity contribution in [2.75, 3.05) is 25.2 Å². The maximum atomic E-state index is 11.9. The minimum Gasteiger partial charge on any atom is -0.466 e. The number of thioether (sulfide) groups is 1. The van der Waals surface area contributed by atoms with Gasteiger partial charge in [-0.2, -0.15) is 11.8 Å². The summed E-state index contributed by atoms with van der Waals surface area (Å²) in [6.07, 6.45) is 4.64. The lowest BCUT2D eigenvalue weighted by molar-refractivity contribution is -0.155. The summed E-state index contributed by atoms with van der Waals surface area (Å²) in [5, 5.41) is 0. The molecule has 15 heavy (non-hydrogen) atoms. The SMILES string of the molecule is CCCC(CN)(CCSC)C(=O)OCC. The zero-order chi connectivity index (χ0) is 11.7. The van der Waals surface area contributed by atoms with Crippen molar-refractivity contribution >= 4 is 17.7 Å². The molecule has 0 bridgehead atoms. The fourth-order valence-corrected chi connectivity index (χ4v) is 2.27. The van der Waals surface area contributed by atoms with E-state index in [4.69, 9.17) is 10.5 Å². The number of esters is 1. The molecule has 0 aliphatic rings. The van der Waals surface area contributed by atoms with Crippen molar-refractivity contribution in [2.24, 2.45) is 11.1 Å². The van der Waals surface area contributed by atoms with E-state index in [2.05, 4.69) is 6.92 Å². The van der Waals surface area contributed by atoms with Gasteiger partial charge in [-0.1, -0.05) is 13.3 Å². The average molecular weight is 233 g/mol. The van der Waals surface area contributed by atoms with Crippen LogP contribution in [0.25, 0.3) is 0 Å². The summed E-state index contributed by atoms with van der Waals surface area (Å²) in [5.74, 6) is 0.833. The lowest BCUT2D eigenvalue weighted by Gasteiger charge is -2.29. The molecule has 90 valence electrons. The van der Waals surface area contributed by atoms with Gasteiger partial charge >= 0.3 is 5.97 Å². The molecule has 0 spiro atoms. The van der Waals surface area contributed by atoms with E-state index in [1.807, 2.05) is 13.2 Å².